The lowest BCUT2D eigenvalue weighted by Crippen LogP contribution is -2.17. The van der Waals surface area contributed by atoms with Gasteiger partial charge >= 0.3 is 0 Å². The zero-order chi connectivity index (χ0) is 14.0. The SMILES string of the molecule is CC(C)Cc1[nH]n(Cc2cccc(Cl)c2)c(=O)c1Br. The zero-order valence-electron chi connectivity index (χ0n) is 10.9. The summed E-state index contributed by atoms with van der Waals surface area (Å²) in [6.07, 6.45) is 0.846. The molecule has 0 radical (unpaired) electrons. The average Bonchev–Trinajstić information content (AvgIpc) is 2.57. The molecule has 0 atom stereocenters. The molecule has 0 unspecified atom stereocenters. The summed E-state index contributed by atoms with van der Waals surface area (Å²) in [6.45, 7) is 4.74. The third kappa shape index (κ3) is 3.51. The Labute approximate surface area is 125 Å². The van der Waals surface area contributed by atoms with Crippen molar-refractivity contribution < 1.29 is 0 Å². The molecule has 3 nitrogen and oxygen atoms in total. The number of aromatic nitrogens is 2. The molecular weight excluding hydrogens is 328 g/mol. The molecule has 0 saturated heterocycles. The Balaban J connectivity index is 2.28. The molecule has 0 aliphatic heterocycles. The number of aromatic amines is 1. The maximum atomic E-state index is 12.1. The van der Waals surface area contributed by atoms with Crippen LogP contribution in [0.25, 0.3) is 0 Å². The second kappa shape index (κ2) is 5.97. The predicted molar refractivity (Wildman–Crippen MR) is 81.8 cm³/mol. The number of benzene rings is 1. The molecule has 1 N–H and O–H groups in total. The Kier molecular flexibility index (Phi) is 4.53. The van der Waals surface area contributed by atoms with Crippen molar-refractivity contribution in [1.29, 1.82) is 0 Å². The number of hydrogen-bond acceptors (Lipinski definition) is 1. The Bertz CT molecular complexity index is 631. The van der Waals surface area contributed by atoms with Gasteiger partial charge in [-0.1, -0.05) is 37.6 Å². The van der Waals surface area contributed by atoms with Crippen LogP contribution in [-0.4, -0.2) is 9.78 Å². The van der Waals surface area contributed by atoms with Crippen molar-refractivity contribution in [3.8, 4) is 0 Å². The summed E-state index contributed by atoms with van der Waals surface area (Å²) in [5.41, 5.74) is 1.91. The van der Waals surface area contributed by atoms with E-state index in [9.17, 15) is 4.79 Å². The summed E-state index contributed by atoms with van der Waals surface area (Å²) < 4.78 is 2.23. The van der Waals surface area contributed by atoms with Crippen LogP contribution in [0.3, 0.4) is 0 Å². The van der Waals surface area contributed by atoms with Crippen LogP contribution in [0.4, 0.5) is 0 Å². The third-order valence-corrected chi connectivity index (χ3v) is 3.86. The minimum Gasteiger partial charge on any atom is -0.298 e. The van der Waals surface area contributed by atoms with Crippen molar-refractivity contribution in [2.75, 3.05) is 0 Å². The van der Waals surface area contributed by atoms with Crippen LogP contribution < -0.4 is 5.56 Å². The molecule has 102 valence electrons. The van der Waals surface area contributed by atoms with Gasteiger partial charge in [0.2, 0.25) is 0 Å². The summed E-state index contributed by atoms with van der Waals surface area (Å²) in [5, 5.41) is 3.84. The Morgan fingerprint density at radius 1 is 1.42 bits per heavy atom. The van der Waals surface area contributed by atoms with Gasteiger partial charge in [-0.2, -0.15) is 0 Å². The average molecular weight is 344 g/mol. The second-order valence-electron chi connectivity index (χ2n) is 5.02. The largest absolute Gasteiger partial charge is 0.298 e. The summed E-state index contributed by atoms with van der Waals surface area (Å²) >= 11 is 9.32. The monoisotopic (exact) mass is 342 g/mol. The third-order valence-electron chi connectivity index (χ3n) is 2.81. The first-order chi connectivity index (χ1) is 8.97. The van der Waals surface area contributed by atoms with Gasteiger partial charge in [0, 0.05) is 5.02 Å². The predicted octanol–water partition coefficient (Wildman–Crippen LogP) is 3.84. The summed E-state index contributed by atoms with van der Waals surface area (Å²) in [4.78, 5) is 12.1. The van der Waals surface area contributed by atoms with Crippen molar-refractivity contribution in [2.45, 2.75) is 26.8 Å². The highest BCUT2D eigenvalue weighted by atomic mass is 79.9. The van der Waals surface area contributed by atoms with Gasteiger partial charge in [0.1, 0.15) is 4.47 Å². The molecule has 0 spiro atoms. The molecule has 0 aliphatic rings. The lowest BCUT2D eigenvalue weighted by Gasteiger charge is -2.04. The van der Waals surface area contributed by atoms with Crippen LogP contribution in [0.15, 0.2) is 33.5 Å². The fourth-order valence-corrected chi connectivity index (χ4v) is 2.66. The molecule has 19 heavy (non-hydrogen) atoms. The van der Waals surface area contributed by atoms with E-state index in [1.807, 2.05) is 24.3 Å². The Morgan fingerprint density at radius 2 is 2.16 bits per heavy atom. The van der Waals surface area contributed by atoms with Gasteiger partial charge in [-0.05, 0) is 46.0 Å². The Hall–Kier alpha value is -1.00. The maximum Gasteiger partial charge on any atom is 0.281 e. The maximum absolute atomic E-state index is 12.1. The summed E-state index contributed by atoms with van der Waals surface area (Å²) in [7, 11) is 0. The quantitative estimate of drug-likeness (QED) is 0.900. The number of halogens is 2. The van der Waals surface area contributed by atoms with Gasteiger partial charge in [-0.25, -0.2) is 4.68 Å². The minimum absolute atomic E-state index is 0.0318. The van der Waals surface area contributed by atoms with Crippen LogP contribution in [-0.2, 0) is 13.0 Å². The molecule has 2 rings (SSSR count). The lowest BCUT2D eigenvalue weighted by atomic mass is 10.1. The molecular formula is C14H16BrClN2O. The van der Waals surface area contributed by atoms with E-state index in [0.29, 0.717) is 22.0 Å². The topological polar surface area (TPSA) is 37.8 Å². The molecule has 1 aromatic carbocycles. The van der Waals surface area contributed by atoms with Gasteiger partial charge in [0.25, 0.3) is 5.56 Å². The molecule has 0 fully saturated rings. The summed E-state index contributed by atoms with van der Waals surface area (Å²) in [5.74, 6) is 0.494. The molecule has 5 heteroatoms. The standard InChI is InChI=1S/C14H16BrClN2O/c1-9(2)6-12-13(15)14(19)18(17-12)8-10-4-3-5-11(16)7-10/h3-5,7,9,17H,6,8H2,1-2H3. The van der Waals surface area contributed by atoms with Crippen molar-refractivity contribution in [2.24, 2.45) is 5.92 Å². The van der Waals surface area contributed by atoms with E-state index >= 15 is 0 Å². The zero-order valence-corrected chi connectivity index (χ0v) is 13.3. The molecule has 0 bridgehead atoms. The normalized spacial score (nSPS) is 11.2. The van der Waals surface area contributed by atoms with Gasteiger partial charge in [-0.15, -0.1) is 0 Å². The van der Waals surface area contributed by atoms with E-state index < -0.39 is 0 Å². The van der Waals surface area contributed by atoms with Crippen LogP contribution in [0.2, 0.25) is 5.02 Å². The van der Waals surface area contributed by atoms with Crippen LogP contribution in [0.1, 0.15) is 25.1 Å². The van der Waals surface area contributed by atoms with Crippen molar-refractivity contribution in [1.82, 2.24) is 9.78 Å². The second-order valence-corrected chi connectivity index (χ2v) is 6.25. The summed E-state index contributed by atoms with van der Waals surface area (Å²) in [6, 6.07) is 7.53. The van der Waals surface area contributed by atoms with E-state index in [0.717, 1.165) is 17.7 Å². The smallest absolute Gasteiger partial charge is 0.281 e. The van der Waals surface area contributed by atoms with Gasteiger partial charge < -0.3 is 0 Å². The molecule has 1 aromatic heterocycles. The number of nitrogens with zero attached hydrogens (tertiary/aromatic N) is 1. The van der Waals surface area contributed by atoms with Crippen molar-refractivity contribution in [3.05, 3.63) is 55.4 Å². The molecule has 0 aliphatic carbocycles. The van der Waals surface area contributed by atoms with E-state index in [4.69, 9.17) is 11.6 Å². The number of H-pyrrole nitrogens is 1. The highest BCUT2D eigenvalue weighted by Crippen LogP contribution is 2.16. The first-order valence-corrected chi connectivity index (χ1v) is 7.36. The number of nitrogens with one attached hydrogen (secondary N) is 1. The molecule has 0 amide bonds. The van der Waals surface area contributed by atoms with E-state index in [2.05, 4.69) is 34.9 Å². The van der Waals surface area contributed by atoms with E-state index in [-0.39, 0.29) is 5.56 Å². The molecule has 1 heterocycles. The fraction of sp³-hybridized carbons (Fsp3) is 0.357. The molecule has 0 saturated carbocycles. The molecule has 2 aromatic rings. The van der Waals surface area contributed by atoms with Crippen LogP contribution >= 0.6 is 27.5 Å². The van der Waals surface area contributed by atoms with Gasteiger partial charge in [0.05, 0.1) is 12.2 Å². The Morgan fingerprint density at radius 3 is 2.79 bits per heavy atom. The van der Waals surface area contributed by atoms with Gasteiger partial charge in [0.15, 0.2) is 0 Å². The first kappa shape index (κ1) is 14.4. The highest BCUT2D eigenvalue weighted by Gasteiger charge is 2.12. The number of hydrogen-bond donors (Lipinski definition) is 1. The highest BCUT2D eigenvalue weighted by molar-refractivity contribution is 9.10. The van der Waals surface area contributed by atoms with Crippen molar-refractivity contribution in [3.63, 3.8) is 0 Å². The van der Waals surface area contributed by atoms with Gasteiger partial charge in [-0.3, -0.25) is 9.89 Å². The van der Waals surface area contributed by atoms with Crippen LogP contribution in [0, 0.1) is 5.92 Å². The van der Waals surface area contributed by atoms with E-state index in [1.165, 1.54) is 0 Å². The van der Waals surface area contributed by atoms with Crippen molar-refractivity contribution >= 4 is 27.5 Å². The lowest BCUT2D eigenvalue weighted by molar-refractivity contribution is 0.602. The fourth-order valence-electron chi connectivity index (χ4n) is 1.98. The first-order valence-electron chi connectivity index (χ1n) is 6.19. The number of rotatable bonds is 4. The van der Waals surface area contributed by atoms with Crippen LogP contribution in [0.5, 0.6) is 0 Å². The van der Waals surface area contributed by atoms with E-state index in [1.54, 1.807) is 4.68 Å². The minimum atomic E-state index is -0.0318.